The number of hydrogen-bond acceptors (Lipinski definition) is 3. The third-order valence-corrected chi connectivity index (χ3v) is 4.12. The van der Waals surface area contributed by atoms with Crippen molar-refractivity contribution in [1.29, 1.82) is 0 Å². The van der Waals surface area contributed by atoms with E-state index in [-0.39, 0.29) is 12.4 Å². The standard InChI is InChI=1S/C14H20ClFN2O/c1-17-6-7-18(9-11(17)5-8-19)10-12-13(15)3-2-4-14(12)16/h2-4,11,19H,5-10H2,1H3/t11-/m0/s1. The van der Waals surface area contributed by atoms with Crippen molar-refractivity contribution in [3.8, 4) is 0 Å². The lowest BCUT2D eigenvalue weighted by Crippen LogP contribution is -2.51. The van der Waals surface area contributed by atoms with E-state index < -0.39 is 0 Å². The van der Waals surface area contributed by atoms with Crippen molar-refractivity contribution in [2.75, 3.05) is 33.3 Å². The number of aliphatic hydroxyl groups is 1. The van der Waals surface area contributed by atoms with Crippen molar-refractivity contribution in [1.82, 2.24) is 9.80 Å². The molecule has 3 nitrogen and oxygen atoms in total. The minimum Gasteiger partial charge on any atom is -0.396 e. The summed E-state index contributed by atoms with van der Waals surface area (Å²) in [5.41, 5.74) is 0.566. The summed E-state index contributed by atoms with van der Waals surface area (Å²) in [6, 6.07) is 5.12. The van der Waals surface area contributed by atoms with Gasteiger partial charge >= 0.3 is 0 Å². The molecule has 0 radical (unpaired) electrons. The number of rotatable bonds is 4. The first kappa shape index (κ1) is 14.7. The first-order valence-corrected chi connectivity index (χ1v) is 6.96. The van der Waals surface area contributed by atoms with Gasteiger partial charge in [-0.1, -0.05) is 17.7 Å². The fourth-order valence-corrected chi connectivity index (χ4v) is 2.74. The lowest BCUT2D eigenvalue weighted by Gasteiger charge is -2.39. The predicted molar refractivity (Wildman–Crippen MR) is 74.8 cm³/mol. The maximum Gasteiger partial charge on any atom is 0.129 e. The molecule has 2 rings (SSSR count). The van der Waals surface area contributed by atoms with Crippen molar-refractivity contribution < 1.29 is 9.50 Å². The van der Waals surface area contributed by atoms with E-state index in [1.165, 1.54) is 6.07 Å². The fourth-order valence-electron chi connectivity index (χ4n) is 2.52. The molecule has 1 saturated heterocycles. The lowest BCUT2D eigenvalue weighted by atomic mass is 10.1. The van der Waals surface area contributed by atoms with Crippen LogP contribution in [0.1, 0.15) is 12.0 Å². The number of piperazine rings is 1. The summed E-state index contributed by atoms with van der Waals surface area (Å²) >= 11 is 6.06. The van der Waals surface area contributed by atoms with E-state index in [9.17, 15) is 4.39 Å². The van der Waals surface area contributed by atoms with Crippen LogP contribution in [-0.2, 0) is 6.54 Å². The highest BCUT2D eigenvalue weighted by molar-refractivity contribution is 6.31. The smallest absolute Gasteiger partial charge is 0.129 e. The number of halogens is 2. The van der Waals surface area contributed by atoms with Crippen LogP contribution >= 0.6 is 11.6 Å². The maximum absolute atomic E-state index is 13.8. The number of hydrogen-bond donors (Lipinski definition) is 1. The largest absolute Gasteiger partial charge is 0.396 e. The second-order valence-corrected chi connectivity index (χ2v) is 5.49. The molecule has 0 bridgehead atoms. The van der Waals surface area contributed by atoms with Gasteiger partial charge in [-0.2, -0.15) is 0 Å². The number of benzene rings is 1. The second-order valence-electron chi connectivity index (χ2n) is 5.08. The topological polar surface area (TPSA) is 26.7 Å². The molecule has 1 aromatic rings. The number of likely N-dealkylation sites (N-methyl/N-ethyl adjacent to an activating group) is 1. The first-order valence-electron chi connectivity index (χ1n) is 6.58. The van der Waals surface area contributed by atoms with E-state index in [2.05, 4.69) is 16.8 Å². The molecule has 0 aromatic heterocycles. The second kappa shape index (κ2) is 6.66. The van der Waals surface area contributed by atoms with Crippen molar-refractivity contribution in [2.45, 2.75) is 19.0 Å². The van der Waals surface area contributed by atoms with Crippen LogP contribution < -0.4 is 0 Å². The minimum absolute atomic E-state index is 0.184. The van der Waals surface area contributed by atoms with Crippen molar-refractivity contribution in [3.63, 3.8) is 0 Å². The highest BCUT2D eigenvalue weighted by atomic mass is 35.5. The van der Waals surface area contributed by atoms with Crippen molar-refractivity contribution in [2.24, 2.45) is 0 Å². The molecule has 5 heteroatoms. The molecule has 1 aliphatic heterocycles. The van der Waals surface area contributed by atoms with Crippen LogP contribution in [0.2, 0.25) is 5.02 Å². The van der Waals surface area contributed by atoms with Gasteiger partial charge in [0.1, 0.15) is 5.82 Å². The average Bonchev–Trinajstić information content (AvgIpc) is 2.38. The molecule has 0 spiro atoms. The van der Waals surface area contributed by atoms with Crippen LogP contribution in [0.15, 0.2) is 18.2 Å². The van der Waals surface area contributed by atoms with Gasteiger partial charge in [-0.25, -0.2) is 4.39 Å². The van der Waals surface area contributed by atoms with Crippen LogP contribution in [0.3, 0.4) is 0 Å². The van der Waals surface area contributed by atoms with Crippen molar-refractivity contribution in [3.05, 3.63) is 34.6 Å². The molecule has 0 saturated carbocycles. The van der Waals surface area contributed by atoms with Gasteiger partial charge in [0.05, 0.1) is 0 Å². The highest BCUT2D eigenvalue weighted by Gasteiger charge is 2.24. The molecular formula is C14H20ClFN2O. The van der Waals surface area contributed by atoms with Gasteiger partial charge in [0.2, 0.25) is 0 Å². The summed E-state index contributed by atoms with van der Waals surface area (Å²) in [7, 11) is 2.06. The average molecular weight is 287 g/mol. The summed E-state index contributed by atoms with van der Waals surface area (Å²) in [5, 5.41) is 9.56. The molecule has 1 N–H and O–H groups in total. The first-order chi connectivity index (χ1) is 9.11. The zero-order valence-electron chi connectivity index (χ0n) is 11.1. The Labute approximate surface area is 118 Å². The third kappa shape index (κ3) is 3.66. The number of aliphatic hydroxyl groups excluding tert-OH is 1. The molecule has 1 aliphatic rings. The highest BCUT2D eigenvalue weighted by Crippen LogP contribution is 2.22. The van der Waals surface area contributed by atoms with Crippen LogP contribution in [0, 0.1) is 5.82 Å². The Kier molecular flexibility index (Phi) is 5.16. The Hall–Kier alpha value is -0.680. The maximum atomic E-state index is 13.8. The third-order valence-electron chi connectivity index (χ3n) is 3.77. The summed E-state index contributed by atoms with van der Waals surface area (Å²) < 4.78 is 13.8. The Morgan fingerprint density at radius 2 is 2.21 bits per heavy atom. The van der Waals surface area contributed by atoms with Gasteiger partial charge in [0, 0.05) is 49.4 Å². The monoisotopic (exact) mass is 286 g/mol. The normalized spacial score (nSPS) is 21.8. The summed E-state index contributed by atoms with van der Waals surface area (Å²) in [6.45, 7) is 3.37. The van der Waals surface area contributed by atoms with Crippen LogP contribution in [0.5, 0.6) is 0 Å². The molecule has 0 unspecified atom stereocenters. The Morgan fingerprint density at radius 3 is 2.89 bits per heavy atom. The summed E-state index contributed by atoms with van der Waals surface area (Å²) in [4.78, 5) is 4.44. The fraction of sp³-hybridized carbons (Fsp3) is 0.571. The van der Waals surface area contributed by atoms with Crippen LogP contribution in [-0.4, -0.2) is 54.2 Å². The van der Waals surface area contributed by atoms with E-state index in [0.29, 0.717) is 23.2 Å². The Balaban J connectivity index is 2.03. The zero-order valence-corrected chi connectivity index (χ0v) is 11.9. The molecule has 0 aliphatic carbocycles. The summed E-state index contributed by atoms with van der Waals surface area (Å²) in [6.07, 6.45) is 0.748. The van der Waals surface area contributed by atoms with Gasteiger partial charge in [-0.15, -0.1) is 0 Å². The van der Waals surface area contributed by atoms with Crippen LogP contribution in [0.4, 0.5) is 4.39 Å². The van der Waals surface area contributed by atoms with E-state index in [4.69, 9.17) is 16.7 Å². The van der Waals surface area contributed by atoms with Gasteiger partial charge in [0.25, 0.3) is 0 Å². The van der Waals surface area contributed by atoms with Gasteiger partial charge in [0.15, 0.2) is 0 Å². The van der Waals surface area contributed by atoms with Gasteiger partial charge in [-0.3, -0.25) is 4.90 Å². The van der Waals surface area contributed by atoms with E-state index in [1.54, 1.807) is 12.1 Å². The van der Waals surface area contributed by atoms with Crippen molar-refractivity contribution >= 4 is 11.6 Å². The molecule has 1 fully saturated rings. The minimum atomic E-state index is -0.245. The molecule has 1 aromatic carbocycles. The van der Waals surface area contributed by atoms with E-state index >= 15 is 0 Å². The molecular weight excluding hydrogens is 267 g/mol. The molecule has 0 amide bonds. The molecule has 1 atom stereocenters. The lowest BCUT2D eigenvalue weighted by molar-refractivity contribution is 0.0737. The summed E-state index contributed by atoms with van der Waals surface area (Å²) in [5.74, 6) is -0.245. The van der Waals surface area contributed by atoms with Gasteiger partial charge < -0.3 is 10.0 Å². The quantitative estimate of drug-likeness (QED) is 0.917. The van der Waals surface area contributed by atoms with E-state index in [1.807, 2.05) is 0 Å². The predicted octanol–water partition coefficient (Wildman–Crippen LogP) is 1.98. The SMILES string of the molecule is CN1CCN(Cc2c(F)cccc2Cl)C[C@@H]1CCO. The molecule has 1 heterocycles. The number of nitrogens with zero attached hydrogens (tertiary/aromatic N) is 2. The molecule has 106 valence electrons. The van der Waals surface area contributed by atoms with E-state index in [0.717, 1.165) is 26.1 Å². The van der Waals surface area contributed by atoms with Crippen LogP contribution in [0.25, 0.3) is 0 Å². The Morgan fingerprint density at radius 1 is 1.42 bits per heavy atom. The van der Waals surface area contributed by atoms with Gasteiger partial charge in [-0.05, 0) is 25.6 Å². The zero-order chi connectivity index (χ0) is 13.8. The molecule has 19 heavy (non-hydrogen) atoms. The Bertz CT molecular complexity index is 410.